The van der Waals surface area contributed by atoms with Gasteiger partial charge in [-0.15, -0.1) is 0 Å². The third kappa shape index (κ3) is 2.99. The number of hydrogen-bond acceptors (Lipinski definition) is 8. The fourth-order valence-corrected chi connectivity index (χ4v) is 3.73. The molecule has 2 aromatic rings. The summed E-state index contributed by atoms with van der Waals surface area (Å²) in [6.45, 7) is 0. The van der Waals surface area contributed by atoms with Crippen LogP contribution < -0.4 is 16.6 Å². The number of anilines is 1. The normalized spacial score (nSPS) is 14.1. The lowest BCUT2D eigenvalue weighted by atomic mass is 10.1. The fourth-order valence-electron chi connectivity index (χ4n) is 2.58. The SMILES string of the molecule is Nc1c2c(cc(=O)n1-c1cc(S(=O)(=O)O)ccc1S(=O)(=O)O)C(=O)NC2=O. The Morgan fingerprint density at radius 2 is 1.56 bits per heavy atom. The van der Waals surface area contributed by atoms with Crippen molar-refractivity contribution >= 4 is 37.9 Å². The van der Waals surface area contributed by atoms with Gasteiger partial charge in [0.05, 0.1) is 21.7 Å². The van der Waals surface area contributed by atoms with E-state index in [2.05, 4.69) is 0 Å². The van der Waals surface area contributed by atoms with Crippen molar-refractivity contribution in [1.82, 2.24) is 9.88 Å². The number of benzene rings is 1. The molecule has 2 amide bonds. The van der Waals surface area contributed by atoms with E-state index in [0.717, 1.165) is 0 Å². The number of nitrogen functional groups attached to an aromatic ring is 1. The van der Waals surface area contributed by atoms with Gasteiger partial charge >= 0.3 is 0 Å². The number of nitrogens with two attached hydrogens (primary N) is 1. The fraction of sp³-hybridized carbons (Fsp3) is 0. The molecule has 1 aromatic carbocycles. The van der Waals surface area contributed by atoms with E-state index in [9.17, 15) is 35.8 Å². The molecule has 3 rings (SSSR count). The Morgan fingerprint density at radius 3 is 2.11 bits per heavy atom. The van der Waals surface area contributed by atoms with Crippen molar-refractivity contribution in [3.05, 3.63) is 45.7 Å². The molecule has 12 nitrogen and oxygen atoms in total. The monoisotopic (exact) mass is 415 g/mol. The molecule has 0 bridgehead atoms. The minimum absolute atomic E-state index is 0.349. The van der Waals surface area contributed by atoms with Gasteiger partial charge in [-0.3, -0.25) is 33.4 Å². The lowest BCUT2D eigenvalue weighted by Gasteiger charge is -2.15. The summed E-state index contributed by atoms with van der Waals surface area (Å²) in [5.74, 6) is -2.52. The number of fused-ring (bicyclic) bond motifs is 1. The first-order valence-electron chi connectivity index (χ1n) is 6.83. The third-order valence-corrected chi connectivity index (χ3v) is 5.45. The highest BCUT2D eigenvalue weighted by Crippen LogP contribution is 2.28. The minimum Gasteiger partial charge on any atom is -0.384 e. The van der Waals surface area contributed by atoms with Crippen LogP contribution in [0, 0.1) is 0 Å². The molecule has 142 valence electrons. The Hall–Kier alpha value is -3.07. The molecule has 0 radical (unpaired) electrons. The van der Waals surface area contributed by atoms with E-state index in [0.29, 0.717) is 28.8 Å². The summed E-state index contributed by atoms with van der Waals surface area (Å²) in [5, 5.41) is 1.90. The first kappa shape index (κ1) is 18.7. The number of amides is 2. The number of carbonyl (C=O) groups is 2. The van der Waals surface area contributed by atoms with Gasteiger partial charge in [-0.2, -0.15) is 16.8 Å². The maximum atomic E-state index is 12.4. The zero-order chi connectivity index (χ0) is 20.3. The van der Waals surface area contributed by atoms with Crippen LogP contribution in [0.1, 0.15) is 20.7 Å². The quantitative estimate of drug-likeness (QED) is 0.348. The van der Waals surface area contributed by atoms with Gasteiger partial charge in [-0.05, 0) is 18.2 Å². The van der Waals surface area contributed by atoms with E-state index in [-0.39, 0.29) is 5.56 Å². The summed E-state index contributed by atoms with van der Waals surface area (Å²) in [5.41, 5.74) is 3.14. The van der Waals surface area contributed by atoms with Crippen LogP contribution in [0.3, 0.4) is 0 Å². The summed E-state index contributed by atoms with van der Waals surface area (Å²) in [6.07, 6.45) is 0. The van der Waals surface area contributed by atoms with Crippen molar-refractivity contribution in [2.45, 2.75) is 9.79 Å². The van der Waals surface area contributed by atoms with E-state index in [1.807, 2.05) is 5.32 Å². The third-order valence-electron chi connectivity index (χ3n) is 3.70. The van der Waals surface area contributed by atoms with E-state index in [1.165, 1.54) is 0 Å². The molecule has 0 spiro atoms. The van der Waals surface area contributed by atoms with Crippen molar-refractivity contribution < 1.29 is 35.5 Å². The zero-order valence-corrected chi connectivity index (χ0v) is 14.5. The molecular weight excluding hydrogens is 406 g/mol. The topological polar surface area (TPSA) is 203 Å². The van der Waals surface area contributed by atoms with Crippen LogP contribution in [-0.4, -0.2) is 42.3 Å². The molecule has 1 aliphatic rings. The molecule has 0 saturated carbocycles. The Bertz CT molecular complexity index is 1310. The second-order valence-corrected chi connectivity index (χ2v) is 8.17. The lowest BCUT2D eigenvalue weighted by molar-refractivity contribution is 0.0879. The predicted octanol–water partition coefficient (Wildman–Crippen LogP) is -1.20. The zero-order valence-electron chi connectivity index (χ0n) is 12.9. The highest BCUT2D eigenvalue weighted by Gasteiger charge is 2.33. The average molecular weight is 415 g/mol. The number of hydrogen-bond donors (Lipinski definition) is 4. The summed E-state index contributed by atoms with van der Waals surface area (Å²) in [4.78, 5) is 34.2. The summed E-state index contributed by atoms with van der Waals surface area (Å²) in [7, 11) is -9.79. The molecule has 2 heterocycles. The Morgan fingerprint density at radius 1 is 0.926 bits per heavy atom. The van der Waals surface area contributed by atoms with Gasteiger partial charge in [0.25, 0.3) is 37.6 Å². The molecular formula is C13H9N3O9S2. The standard InChI is InChI=1S/C13H9N3O9S2/c14-11-10-6(12(18)15-13(10)19)4-9(17)16(11)7-3-5(26(20,21)22)1-2-8(7)27(23,24)25/h1-4H,14H2,(H,15,18,19)(H,20,21,22)(H,23,24,25). The highest BCUT2D eigenvalue weighted by atomic mass is 32.2. The van der Waals surface area contributed by atoms with Crippen LogP contribution >= 0.6 is 0 Å². The van der Waals surface area contributed by atoms with Crippen molar-refractivity contribution in [2.75, 3.05) is 5.73 Å². The van der Waals surface area contributed by atoms with Crippen molar-refractivity contribution in [1.29, 1.82) is 0 Å². The van der Waals surface area contributed by atoms with Crippen LogP contribution in [0.25, 0.3) is 5.69 Å². The summed E-state index contributed by atoms with van der Waals surface area (Å²) in [6, 6.07) is 2.56. The molecule has 1 aromatic heterocycles. The van der Waals surface area contributed by atoms with Crippen molar-refractivity contribution in [2.24, 2.45) is 0 Å². The molecule has 0 atom stereocenters. The Labute approximate surface area is 150 Å². The van der Waals surface area contributed by atoms with Gasteiger partial charge in [-0.1, -0.05) is 0 Å². The Balaban J connectivity index is 2.48. The van der Waals surface area contributed by atoms with Crippen LogP contribution in [0.5, 0.6) is 0 Å². The van der Waals surface area contributed by atoms with Crippen molar-refractivity contribution in [3.8, 4) is 5.69 Å². The van der Waals surface area contributed by atoms with E-state index in [4.69, 9.17) is 10.3 Å². The average Bonchev–Trinajstić information content (AvgIpc) is 2.79. The Kier molecular flexibility index (Phi) is 3.96. The minimum atomic E-state index is -4.97. The molecule has 0 fully saturated rings. The van der Waals surface area contributed by atoms with Crippen LogP contribution in [-0.2, 0) is 20.2 Å². The molecule has 5 N–H and O–H groups in total. The maximum Gasteiger partial charge on any atom is 0.296 e. The molecule has 0 aliphatic carbocycles. The number of nitrogens with zero attached hydrogens (tertiary/aromatic N) is 1. The first-order valence-corrected chi connectivity index (χ1v) is 9.71. The van der Waals surface area contributed by atoms with Gasteiger partial charge in [0.15, 0.2) is 0 Å². The maximum absolute atomic E-state index is 12.4. The van der Waals surface area contributed by atoms with Gasteiger partial charge in [-0.25, -0.2) is 0 Å². The van der Waals surface area contributed by atoms with Gasteiger partial charge in [0.2, 0.25) is 0 Å². The first-order chi connectivity index (χ1) is 12.3. The van der Waals surface area contributed by atoms with Crippen LogP contribution in [0.4, 0.5) is 5.82 Å². The number of rotatable bonds is 3. The van der Waals surface area contributed by atoms with Crippen molar-refractivity contribution in [3.63, 3.8) is 0 Å². The number of carbonyl (C=O) groups excluding carboxylic acids is 2. The number of aromatic nitrogens is 1. The second-order valence-electron chi connectivity index (χ2n) is 5.35. The van der Waals surface area contributed by atoms with E-state index < -0.39 is 64.5 Å². The van der Waals surface area contributed by atoms with E-state index in [1.54, 1.807) is 0 Å². The second kappa shape index (κ2) is 5.71. The largest absolute Gasteiger partial charge is 0.384 e. The number of imide groups is 1. The molecule has 0 saturated heterocycles. The van der Waals surface area contributed by atoms with Gasteiger partial charge in [0.1, 0.15) is 10.7 Å². The highest BCUT2D eigenvalue weighted by molar-refractivity contribution is 7.86. The molecule has 14 heteroatoms. The van der Waals surface area contributed by atoms with Gasteiger partial charge in [0, 0.05) is 6.07 Å². The van der Waals surface area contributed by atoms with Crippen LogP contribution in [0.15, 0.2) is 38.9 Å². The summed E-state index contributed by atoms with van der Waals surface area (Å²) >= 11 is 0. The predicted molar refractivity (Wildman–Crippen MR) is 87.9 cm³/mol. The molecule has 27 heavy (non-hydrogen) atoms. The summed E-state index contributed by atoms with van der Waals surface area (Å²) < 4.78 is 64.9. The number of nitrogens with one attached hydrogen (secondary N) is 1. The van der Waals surface area contributed by atoms with E-state index >= 15 is 0 Å². The van der Waals surface area contributed by atoms with Crippen LogP contribution in [0.2, 0.25) is 0 Å². The van der Waals surface area contributed by atoms with Gasteiger partial charge < -0.3 is 5.73 Å². The number of pyridine rings is 1. The molecule has 0 unspecified atom stereocenters. The smallest absolute Gasteiger partial charge is 0.296 e. The lowest BCUT2D eigenvalue weighted by Crippen LogP contribution is -2.25. The molecule has 1 aliphatic heterocycles.